The van der Waals surface area contributed by atoms with Gasteiger partial charge in [-0.25, -0.2) is 9.37 Å². The van der Waals surface area contributed by atoms with Gasteiger partial charge in [0.1, 0.15) is 24.0 Å². The zero-order valence-corrected chi connectivity index (χ0v) is 21.6. The number of nitrogens with one attached hydrogen (secondary N) is 1. The molecule has 1 N–H and O–H groups in total. The van der Waals surface area contributed by atoms with Gasteiger partial charge >= 0.3 is 0 Å². The highest BCUT2D eigenvalue weighted by Gasteiger charge is 2.30. The topological polar surface area (TPSA) is 84.0 Å². The molecule has 38 heavy (non-hydrogen) atoms. The van der Waals surface area contributed by atoms with E-state index in [1.165, 1.54) is 6.20 Å². The summed E-state index contributed by atoms with van der Waals surface area (Å²) in [7, 11) is 0. The Morgan fingerprint density at radius 3 is 2.45 bits per heavy atom. The quantitative estimate of drug-likeness (QED) is 0.396. The summed E-state index contributed by atoms with van der Waals surface area (Å²) < 4.78 is 24.4. The highest BCUT2D eigenvalue weighted by molar-refractivity contribution is 6.30. The molecule has 0 bridgehead atoms. The van der Waals surface area contributed by atoms with Crippen LogP contribution in [0.25, 0.3) is 0 Å². The van der Waals surface area contributed by atoms with E-state index in [0.29, 0.717) is 50.1 Å². The number of hydrogen-bond acceptors (Lipinski definition) is 6. The zero-order chi connectivity index (χ0) is 26.7. The van der Waals surface area contributed by atoms with Crippen LogP contribution < -0.4 is 10.1 Å². The molecule has 1 saturated heterocycles. The van der Waals surface area contributed by atoms with Gasteiger partial charge in [0.2, 0.25) is 11.8 Å². The van der Waals surface area contributed by atoms with Crippen molar-refractivity contribution in [3.63, 3.8) is 0 Å². The Bertz CT molecular complexity index is 1190. The Hall–Kier alpha value is -3.53. The summed E-state index contributed by atoms with van der Waals surface area (Å²) >= 11 is 5.95. The van der Waals surface area contributed by atoms with Crippen LogP contribution in [0.15, 0.2) is 72.9 Å². The number of alkyl halides is 1. The fraction of sp³-hybridized carbons (Fsp3) is 0.321. The van der Waals surface area contributed by atoms with Crippen molar-refractivity contribution >= 4 is 23.4 Å². The van der Waals surface area contributed by atoms with E-state index in [4.69, 9.17) is 21.1 Å². The van der Waals surface area contributed by atoms with Gasteiger partial charge in [-0.15, -0.1) is 0 Å². The molecule has 2 aromatic carbocycles. The van der Waals surface area contributed by atoms with E-state index >= 15 is 0 Å². The summed E-state index contributed by atoms with van der Waals surface area (Å²) in [6.07, 6.45) is 1.52. The third-order valence-corrected chi connectivity index (χ3v) is 6.38. The number of nitrogens with zero attached hydrogens (tertiary/aromatic N) is 3. The van der Waals surface area contributed by atoms with Gasteiger partial charge in [-0.1, -0.05) is 41.9 Å². The standard InChI is InChI=1S/C28H30ClFN4O4/c29-22-8-10-23(11-9-22)38-27-24(7-4-13-31-27)26(35)32-25(20-37-19-21-5-2-1-3-6-21)28(36)34-17-15-33(14-12-30)16-18-34/h1-11,13,25H,12,14-20H2,(H,32,35). The summed E-state index contributed by atoms with van der Waals surface area (Å²) in [6.45, 7) is 2.24. The van der Waals surface area contributed by atoms with Crippen molar-refractivity contribution in [1.29, 1.82) is 0 Å². The van der Waals surface area contributed by atoms with Crippen molar-refractivity contribution in [1.82, 2.24) is 20.1 Å². The lowest BCUT2D eigenvalue weighted by atomic mass is 10.2. The van der Waals surface area contributed by atoms with Crippen LogP contribution in [-0.4, -0.2) is 78.6 Å². The lowest BCUT2D eigenvalue weighted by Gasteiger charge is -2.36. The molecular formula is C28H30ClFN4O4. The zero-order valence-electron chi connectivity index (χ0n) is 20.9. The van der Waals surface area contributed by atoms with Crippen molar-refractivity contribution in [3.8, 4) is 11.6 Å². The highest BCUT2D eigenvalue weighted by atomic mass is 35.5. The van der Waals surface area contributed by atoms with Crippen LogP contribution in [0.4, 0.5) is 4.39 Å². The molecule has 0 spiro atoms. The average molecular weight is 541 g/mol. The molecule has 0 aliphatic carbocycles. The maximum absolute atomic E-state index is 13.5. The number of piperazine rings is 1. The van der Waals surface area contributed by atoms with E-state index in [0.717, 1.165) is 5.56 Å². The van der Waals surface area contributed by atoms with Gasteiger partial charge in [0.05, 0.1) is 13.2 Å². The highest BCUT2D eigenvalue weighted by Crippen LogP contribution is 2.24. The van der Waals surface area contributed by atoms with Gasteiger partial charge in [0.25, 0.3) is 5.91 Å². The number of aromatic nitrogens is 1. The van der Waals surface area contributed by atoms with Crippen LogP contribution in [-0.2, 0) is 16.1 Å². The fourth-order valence-corrected chi connectivity index (χ4v) is 4.20. The second-order valence-electron chi connectivity index (χ2n) is 8.79. The maximum Gasteiger partial charge on any atom is 0.257 e. The molecule has 1 aliphatic heterocycles. The number of carbonyl (C=O) groups is 2. The van der Waals surface area contributed by atoms with Crippen LogP contribution in [0.5, 0.6) is 11.6 Å². The molecule has 1 aliphatic rings. The van der Waals surface area contributed by atoms with Crippen molar-refractivity contribution in [2.75, 3.05) is 46.0 Å². The third kappa shape index (κ3) is 7.74. The average Bonchev–Trinajstić information content (AvgIpc) is 2.95. The Balaban J connectivity index is 1.46. The summed E-state index contributed by atoms with van der Waals surface area (Å²) in [4.78, 5) is 34.7. The number of rotatable bonds is 11. The largest absolute Gasteiger partial charge is 0.438 e. The third-order valence-electron chi connectivity index (χ3n) is 6.13. The first kappa shape index (κ1) is 27.5. The number of halogens is 2. The van der Waals surface area contributed by atoms with Crippen molar-refractivity contribution in [3.05, 3.63) is 89.1 Å². The van der Waals surface area contributed by atoms with E-state index in [9.17, 15) is 14.0 Å². The molecule has 200 valence electrons. The monoisotopic (exact) mass is 540 g/mol. The van der Waals surface area contributed by atoms with E-state index in [2.05, 4.69) is 10.3 Å². The predicted octanol–water partition coefficient (Wildman–Crippen LogP) is 3.96. The molecule has 2 heterocycles. The van der Waals surface area contributed by atoms with Crippen molar-refractivity contribution in [2.24, 2.45) is 0 Å². The second kappa shape index (κ2) is 13.9. The number of hydrogen-bond donors (Lipinski definition) is 1. The Kier molecular flexibility index (Phi) is 10.0. The molecule has 4 rings (SSSR count). The molecule has 1 fully saturated rings. The molecule has 0 radical (unpaired) electrons. The number of amides is 2. The normalized spacial score (nSPS) is 14.6. The molecule has 8 nitrogen and oxygen atoms in total. The first-order valence-electron chi connectivity index (χ1n) is 12.4. The summed E-state index contributed by atoms with van der Waals surface area (Å²) in [5.74, 6) is -0.203. The predicted molar refractivity (Wildman–Crippen MR) is 142 cm³/mol. The first-order valence-corrected chi connectivity index (χ1v) is 12.8. The smallest absolute Gasteiger partial charge is 0.257 e. The van der Waals surface area contributed by atoms with Crippen LogP contribution in [0, 0.1) is 0 Å². The minimum absolute atomic E-state index is 0.0161. The number of ether oxygens (including phenoxy) is 2. The van der Waals surface area contributed by atoms with Gasteiger partial charge in [-0.3, -0.25) is 14.5 Å². The van der Waals surface area contributed by atoms with E-state index in [1.807, 2.05) is 35.2 Å². The van der Waals surface area contributed by atoms with E-state index in [1.54, 1.807) is 41.3 Å². The summed E-state index contributed by atoms with van der Waals surface area (Å²) in [5, 5.41) is 3.37. The van der Waals surface area contributed by atoms with Gasteiger partial charge in [0, 0.05) is 43.9 Å². The van der Waals surface area contributed by atoms with Crippen molar-refractivity contribution in [2.45, 2.75) is 12.6 Å². The number of pyridine rings is 1. The van der Waals surface area contributed by atoms with Crippen LogP contribution in [0.1, 0.15) is 15.9 Å². The molecule has 1 aromatic heterocycles. The second-order valence-corrected chi connectivity index (χ2v) is 9.23. The van der Waals surface area contributed by atoms with Crippen LogP contribution >= 0.6 is 11.6 Å². The molecule has 10 heteroatoms. The first-order chi connectivity index (χ1) is 18.5. The number of carbonyl (C=O) groups excluding carboxylic acids is 2. The SMILES string of the molecule is O=C(NC(COCc1ccccc1)C(=O)N1CCN(CCF)CC1)c1cccnc1Oc1ccc(Cl)cc1. The molecule has 3 aromatic rings. The van der Waals surface area contributed by atoms with Gasteiger partial charge in [-0.05, 0) is 42.0 Å². The Morgan fingerprint density at radius 2 is 1.74 bits per heavy atom. The molecule has 1 unspecified atom stereocenters. The molecule has 2 amide bonds. The number of benzene rings is 2. The van der Waals surface area contributed by atoms with Crippen LogP contribution in [0.2, 0.25) is 5.02 Å². The van der Waals surface area contributed by atoms with Crippen LogP contribution in [0.3, 0.4) is 0 Å². The van der Waals surface area contributed by atoms with E-state index in [-0.39, 0.29) is 24.0 Å². The maximum atomic E-state index is 13.5. The summed E-state index contributed by atoms with van der Waals surface area (Å²) in [6, 6.07) is 18.5. The molecule has 1 atom stereocenters. The van der Waals surface area contributed by atoms with Gasteiger partial charge in [0.15, 0.2) is 0 Å². The summed E-state index contributed by atoms with van der Waals surface area (Å²) in [5.41, 5.74) is 1.13. The molecule has 0 saturated carbocycles. The Morgan fingerprint density at radius 1 is 1.00 bits per heavy atom. The van der Waals surface area contributed by atoms with Crippen molar-refractivity contribution < 1.29 is 23.5 Å². The van der Waals surface area contributed by atoms with E-state index < -0.39 is 18.6 Å². The minimum atomic E-state index is -0.928. The Labute approximate surface area is 226 Å². The molecular weight excluding hydrogens is 511 g/mol. The minimum Gasteiger partial charge on any atom is -0.438 e. The van der Waals surface area contributed by atoms with Gasteiger partial charge in [-0.2, -0.15) is 0 Å². The lowest BCUT2D eigenvalue weighted by Crippen LogP contribution is -2.56. The van der Waals surface area contributed by atoms with Gasteiger partial charge < -0.3 is 19.7 Å². The lowest BCUT2D eigenvalue weighted by molar-refractivity contribution is -0.136. The fourth-order valence-electron chi connectivity index (χ4n) is 4.07.